The van der Waals surface area contributed by atoms with Crippen LogP contribution in [0.2, 0.25) is 0 Å². The minimum absolute atomic E-state index is 0. The van der Waals surface area contributed by atoms with Gasteiger partial charge in [0, 0.05) is 16.5 Å². The molecule has 4 rings (SSSR count). The number of nitrogens with zero attached hydrogens (tertiary/aromatic N) is 3. The van der Waals surface area contributed by atoms with Crippen LogP contribution in [0.4, 0.5) is 0 Å². The number of fused-ring (bicyclic) bond motifs is 1. The van der Waals surface area contributed by atoms with Crippen LogP contribution in [0.15, 0.2) is 27.4 Å². The Kier molecular flexibility index (Phi) is 3.75. The average Bonchev–Trinajstić information content (AvgIpc) is 3.19. The normalized spacial score (nSPS) is 11.0. The van der Waals surface area contributed by atoms with E-state index in [4.69, 9.17) is 9.05 Å². The summed E-state index contributed by atoms with van der Waals surface area (Å²) in [5, 5.41) is 16.4. The fourth-order valence-corrected chi connectivity index (χ4v) is 3.17. The highest BCUT2D eigenvalue weighted by Gasteiger charge is 2.19. The van der Waals surface area contributed by atoms with Crippen LogP contribution in [0.5, 0.6) is 0 Å². The zero-order valence-corrected chi connectivity index (χ0v) is 13.4. The highest BCUT2D eigenvalue weighted by atomic mass is 16.5. The van der Waals surface area contributed by atoms with Gasteiger partial charge in [-0.05, 0) is 51.0 Å². The van der Waals surface area contributed by atoms with Crippen molar-refractivity contribution >= 4 is 10.9 Å². The van der Waals surface area contributed by atoms with Gasteiger partial charge in [-0.2, -0.15) is 5.10 Å². The fourth-order valence-electron chi connectivity index (χ4n) is 3.17. The van der Waals surface area contributed by atoms with Crippen molar-refractivity contribution < 1.29 is 9.05 Å². The summed E-state index contributed by atoms with van der Waals surface area (Å²) in [5.41, 5.74) is 6.78. The number of rotatable bonds is 2. The molecule has 1 N–H and O–H groups in total. The van der Waals surface area contributed by atoms with Gasteiger partial charge in [0.1, 0.15) is 11.5 Å². The number of aromatic nitrogens is 4. The third kappa shape index (κ3) is 2.22. The topological polar surface area (TPSA) is 80.7 Å². The number of benzene rings is 1. The lowest BCUT2D eigenvalue weighted by Crippen LogP contribution is -1.88. The Morgan fingerprint density at radius 2 is 1.50 bits per heavy atom. The van der Waals surface area contributed by atoms with Crippen LogP contribution in [-0.4, -0.2) is 20.5 Å². The minimum atomic E-state index is 0. The Balaban J connectivity index is 0.00000169. The number of H-pyrrole nitrogens is 1. The van der Waals surface area contributed by atoms with E-state index in [9.17, 15) is 0 Å². The number of aryl methyl sites for hydroxylation is 4. The zero-order valence-electron chi connectivity index (χ0n) is 13.4. The molecule has 0 atom stereocenters. The highest BCUT2D eigenvalue weighted by Crippen LogP contribution is 2.37. The summed E-state index contributed by atoms with van der Waals surface area (Å²) >= 11 is 0. The molecule has 4 aromatic rings. The Bertz CT molecular complexity index is 984. The molecule has 6 nitrogen and oxygen atoms in total. The van der Waals surface area contributed by atoms with E-state index in [1.807, 2.05) is 33.9 Å². The second kappa shape index (κ2) is 5.63. The molecule has 0 unspecified atom stereocenters. The van der Waals surface area contributed by atoms with Gasteiger partial charge >= 0.3 is 0 Å². The summed E-state index contributed by atoms with van der Waals surface area (Å²) in [6, 6.07) is 4.19. The first kappa shape index (κ1) is 16.0. The molecule has 0 radical (unpaired) electrons. The maximum absolute atomic E-state index is 5.34. The number of hydrogen-bond acceptors (Lipinski definition) is 5. The van der Waals surface area contributed by atoms with Crippen LogP contribution in [0.3, 0.4) is 0 Å². The summed E-state index contributed by atoms with van der Waals surface area (Å²) in [4.78, 5) is 0. The molecule has 0 aliphatic heterocycles. The quantitative estimate of drug-likeness (QED) is 0.576. The molecule has 3 heterocycles. The van der Waals surface area contributed by atoms with Crippen molar-refractivity contribution in [2.24, 2.45) is 0 Å². The molecule has 0 spiro atoms. The van der Waals surface area contributed by atoms with Gasteiger partial charge in [-0.25, -0.2) is 0 Å². The lowest BCUT2D eigenvalue weighted by Gasteiger charge is -2.07. The predicted octanol–water partition coefficient (Wildman–Crippen LogP) is 4.74. The number of nitrogens with one attached hydrogen (secondary N) is 1. The van der Waals surface area contributed by atoms with Gasteiger partial charge < -0.3 is 9.05 Å². The monoisotopic (exact) mass is 324 g/mol. The molecule has 0 aliphatic rings. The van der Waals surface area contributed by atoms with E-state index in [0.29, 0.717) is 0 Å². The maximum atomic E-state index is 5.34. The van der Waals surface area contributed by atoms with E-state index in [2.05, 4.69) is 32.6 Å². The summed E-state index contributed by atoms with van der Waals surface area (Å²) < 4.78 is 10.7. The first-order valence-corrected chi connectivity index (χ1v) is 7.40. The van der Waals surface area contributed by atoms with Crippen molar-refractivity contribution in [2.75, 3.05) is 0 Å². The molecule has 0 fully saturated rings. The SMILES string of the molecule is C.Cc1noc(C)c1-c1cc(-c2c(C)noc2C)c2cn[nH]c2c1. The second-order valence-electron chi connectivity index (χ2n) is 5.75. The van der Waals surface area contributed by atoms with Crippen molar-refractivity contribution in [3.8, 4) is 22.3 Å². The first-order chi connectivity index (χ1) is 11.1. The van der Waals surface area contributed by atoms with Gasteiger partial charge in [0.05, 0.1) is 23.1 Å². The molecule has 124 valence electrons. The molecule has 0 bridgehead atoms. The molecule has 3 aromatic heterocycles. The Hall–Kier alpha value is -2.89. The number of hydrogen-bond donors (Lipinski definition) is 1. The van der Waals surface area contributed by atoms with E-state index in [1.54, 1.807) is 0 Å². The third-order valence-electron chi connectivity index (χ3n) is 4.18. The van der Waals surface area contributed by atoms with Crippen LogP contribution in [0, 0.1) is 27.7 Å². The van der Waals surface area contributed by atoms with E-state index in [1.165, 1.54) is 0 Å². The molecule has 0 saturated carbocycles. The standard InChI is InChI=1S/C17H16N4O2.CH4/c1-8-16(10(3)22-20-8)12-5-13(14-7-18-19-15(14)6-12)17-9(2)21-23-11(17)4;/h5-7H,1-4H3,(H,18,19);1H4. The van der Waals surface area contributed by atoms with E-state index < -0.39 is 0 Å². The summed E-state index contributed by atoms with van der Waals surface area (Å²) in [6.07, 6.45) is 1.83. The molecule has 0 aliphatic carbocycles. The van der Waals surface area contributed by atoms with Crippen LogP contribution in [0.25, 0.3) is 33.2 Å². The predicted molar refractivity (Wildman–Crippen MR) is 92.8 cm³/mol. The van der Waals surface area contributed by atoms with Gasteiger partial charge in [-0.3, -0.25) is 5.10 Å². The van der Waals surface area contributed by atoms with Crippen LogP contribution in [-0.2, 0) is 0 Å². The smallest absolute Gasteiger partial charge is 0.141 e. The van der Waals surface area contributed by atoms with Crippen molar-refractivity contribution in [3.05, 3.63) is 41.2 Å². The van der Waals surface area contributed by atoms with Crippen LogP contribution in [0.1, 0.15) is 30.3 Å². The molecule has 0 amide bonds. The highest BCUT2D eigenvalue weighted by molar-refractivity contribution is 5.99. The van der Waals surface area contributed by atoms with Crippen molar-refractivity contribution in [1.29, 1.82) is 0 Å². The molecular weight excluding hydrogens is 304 g/mol. The van der Waals surface area contributed by atoms with Crippen LogP contribution >= 0.6 is 0 Å². The molecule has 6 heteroatoms. The van der Waals surface area contributed by atoms with Gasteiger partial charge in [0.15, 0.2) is 0 Å². The van der Waals surface area contributed by atoms with E-state index in [-0.39, 0.29) is 7.43 Å². The molecule has 0 saturated heterocycles. The average molecular weight is 324 g/mol. The summed E-state index contributed by atoms with van der Waals surface area (Å²) in [5.74, 6) is 1.59. The Labute approximate surface area is 139 Å². The van der Waals surface area contributed by atoms with Crippen molar-refractivity contribution in [3.63, 3.8) is 0 Å². The molecule has 1 aromatic carbocycles. The van der Waals surface area contributed by atoms with Crippen molar-refractivity contribution in [1.82, 2.24) is 20.5 Å². The summed E-state index contributed by atoms with van der Waals surface area (Å²) in [6.45, 7) is 7.73. The lowest BCUT2D eigenvalue weighted by atomic mass is 9.94. The summed E-state index contributed by atoms with van der Waals surface area (Å²) in [7, 11) is 0. The minimum Gasteiger partial charge on any atom is -0.361 e. The molecular formula is C18H20N4O2. The first-order valence-electron chi connectivity index (χ1n) is 7.40. The van der Waals surface area contributed by atoms with E-state index in [0.717, 1.165) is 56.1 Å². The molecule has 24 heavy (non-hydrogen) atoms. The maximum Gasteiger partial charge on any atom is 0.141 e. The van der Waals surface area contributed by atoms with Gasteiger partial charge in [0.25, 0.3) is 0 Å². The fraction of sp³-hybridized carbons (Fsp3) is 0.278. The second-order valence-corrected chi connectivity index (χ2v) is 5.75. The van der Waals surface area contributed by atoms with Gasteiger partial charge in [-0.1, -0.05) is 17.7 Å². The largest absolute Gasteiger partial charge is 0.361 e. The Morgan fingerprint density at radius 1 is 0.875 bits per heavy atom. The van der Waals surface area contributed by atoms with Gasteiger partial charge in [0.2, 0.25) is 0 Å². The number of aromatic amines is 1. The van der Waals surface area contributed by atoms with Crippen molar-refractivity contribution in [2.45, 2.75) is 35.1 Å². The Morgan fingerprint density at radius 3 is 2.08 bits per heavy atom. The third-order valence-corrected chi connectivity index (χ3v) is 4.18. The lowest BCUT2D eigenvalue weighted by molar-refractivity contribution is 0.393. The van der Waals surface area contributed by atoms with Gasteiger partial charge in [-0.15, -0.1) is 0 Å². The van der Waals surface area contributed by atoms with E-state index >= 15 is 0 Å². The zero-order chi connectivity index (χ0) is 16.1. The van der Waals surface area contributed by atoms with Crippen LogP contribution < -0.4 is 0 Å².